The summed E-state index contributed by atoms with van der Waals surface area (Å²) in [5.74, 6) is 1.24. The quantitative estimate of drug-likeness (QED) is 0.575. The molecule has 0 aliphatic carbocycles. The molecule has 1 aliphatic heterocycles. The second-order valence-corrected chi connectivity index (χ2v) is 5.33. The normalized spacial score (nSPS) is 19.1. The lowest BCUT2D eigenvalue weighted by atomic mass is 9.97. The summed E-state index contributed by atoms with van der Waals surface area (Å²) in [6.45, 7) is 1.90. The maximum Gasteiger partial charge on any atom is 0.290 e. The van der Waals surface area contributed by atoms with Crippen molar-refractivity contribution < 1.29 is 24.9 Å². The fraction of sp³-hybridized carbons (Fsp3) is 0.375. The largest absolute Gasteiger partial charge is 0.483 e. The van der Waals surface area contributed by atoms with Gasteiger partial charge in [-0.2, -0.15) is 0 Å². The van der Waals surface area contributed by atoms with Gasteiger partial charge in [-0.1, -0.05) is 0 Å². The third-order valence-corrected chi connectivity index (χ3v) is 3.66. The van der Waals surface area contributed by atoms with Crippen molar-refractivity contribution in [3.05, 3.63) is 48.3 Å². The number of H-pyrrole nitrogens is 1. The number of β-amino-alcohol motifs (C(OH)–C–C–N with tert-alkyl or cyclic N) is 1. The molecule has 3 rings (SSSR count). The molecule has 0 saturated carbocycles. The maximum absolute atomic E-state index is 10.2. The van der Waals surface area contributed by atoms with E-state index in [1.165, 1.54) is 5.56 Å². The first kappa shape index (κ1) is 20.3. The molecule has 0 radical (unpaired) electrons. The van der Waals surface area contributed by atoms with Gasteiger partial charge in [0.1, 0.15) is 5.82 Å². The van der Waals surface area contributed by atoms with Gasteiger partial charge in [0.15, 0.2) is 0 Å². The van der Waals surface area contributed by atoms with Crippen molar-refractivity contribution >= 4 is 12.9 Å². The summed E-state index contributed by atoms with van der Waals surface area (Å²) in [5, 5.41) is 23.9. The second kappa shape index (κ2) is 11.7. The van der Waals surface area contributed by atoms with Crippen molar-refractivity contribution in [3.8, 4) is 0 Å². The number of rotatable bonds is 4. The van der Waals surface area contributed by atoms with Crippen molar-refractivity contribution in [1.29, 1.82) is 0 Å². The van der Waals surface area contributed by atoms with E-state index in [-0.39, 0.29) is 25.0 Å². The van der Waals surface area contributed by atoms with Gasteiger partial charge in [0, 0.05) is 43.8 Å². The van der Waals surface area contributed by atoms with E-state index in [1.807, 2.05) is 18.3 Å². The van der Waals surface area contributed by atoms with Gasteiger partial charge in [0.05, 0.1) is 12.6 Å². The highest BCUT2D eigenvalue weighted by Gasteiger charge is 2.31. The van der Waals surface area contributed by atoms with Crippen LogP contribution in [0.5, 0.6) is 0 Å². The highest BCUT2D eigenvalue weighted by Crippen LogP contribution is 2.22. The summed E-state index contributed by atoms with van der Waals surface area (Å²) < 4.78 is 0. The minimum atomic E-state index is -0.261. The van der Waals surface area contributed by atoms with E-state index in [4.69, 9.17) is 19.8 Å². The number of nitrogens with one attached hydrogen (secondary N) is 1. The predicted molar refractivity (Wildman–Crippen MR) is 88.7 cm³/mol. The Kier molecular flexibility index (Phi) is 9.49. The standard InChI is InChI=1S/C14H18N4O.2CH2O2/c19-13-9-18(10-14-16-5-6-17-14)8-12(13)7-11-1-3-15-4-2-11;2*2-1-3/h1-6,12-13,19H,7-10H2,(H,16,17);2*1H,(H,2,3)/t12-,13-;;/m1../s1. The zero-order valence-electron chi connectivity index (χ0n) is 13.6. The number of imidazole rings is 1. The molecule has 0 unspecified atom stereocenters. The number of carbonyl (C=O) groups is 2. The van der Waals surface area contributed by atoms with Crippen LogP contribution in [-0.2, 0) is 22.6 Å². The van der Waals surface area contributed by atoms with Gasteiger partial charge < -0.3 is 20.3 Å². The highest BCUT2D eigenvalue weighted by atomic mass is 16.3. The van der Waals surface area contributed by atoms with Crippen molar-refractivity contribution in [1.82, 2.24) is 19.9 Å². The van der Waals surface area contributed by atoms with Crippen molar-refractivity contribution in [3.63, 3.8) is 0 Å². The van der Waals surface area contributed by atoms with Crippen molar-refractivity contribution in [2.75, 3.05) is 13.1 Å². The van der Waals surface area contributed by atoms with Gasteiger partial charge in [0.25, 0.3) is 12.9 Å². The number of aliphatic hydroxyl groups excluding tert-OH is 1. The van der Waals surface area contributed by atoms with Crippen LogP contribution < -0.4 is 0 Å². The fourth-order valence-electron chi connectivity index (χ4n) is 2.69. The Balaban J connectivity index is 0.000000460. The molecule has 0 aromatic carbocycles. The number of pyridine rings is 1. The summed E-state index contributed by atoms with van der Waals surface area (Å²) in [7, 11) is 0. The summed E-state index contributed by atoms with van der Waals surface area (Å²) in [6, 6.07) is 4.03. The zero-order valence-corrected chi connectivity index (χ0v) is 13.6. The third kappa shape index (κ3) is 7.55. The van der Waals surface area contributed by atoms with Crippen LogP contribution >= 0.6 is 0 Å². The summed E-state index contributed by atoms with van der Waals surface area (Å²) >= 11 is 0. The first-order valence-electron chi connectivity index (χ1n) is 7.57. The molecule has 0 amide bonds. The molecule has 9 nitrogen and oxygen atoms in total. The molecule has 4 N–H and O–H groups in total. The number of aromatic nitrogens is 3. The number of carboxylic acid groups (broad SMARTS) is 2. The smallest absolute Gasteiger partial charge is 0.290 e. The van der Waals surface area contributed by atoms with Crippen LogP contribution in [0.4, 0.5) is 0 Å². The van der Waals surface area contributed by atoms with E-state index in [9.17, 15) is 5.11 Å². The van der Waals surface area contributed by atoms with Crippen LogP contribution in [0.2, 0.25) is 0 Å². The van der Waals surface area contributed by atoms with Gasteiger partial charge in [-0.3, -0.25) is 19.5 Å². The third-order valence-electron chi connectivity index (χ3n) is 3.66. The monoisotopic (exact) mass is 350 g/mol. The van der Waals surface area contributed by atoms with Crippen LogP contribution in [0.1, 0.15) is 11.4 Å². The fourth-order valence-corrected chi connectivity index (χ4v) is 2.69. The topological polar surface area (TPSA) is 140 Å². The first-order chi connectivity index (χ1) is 12.1. The van der Waals surface area contributed by atoms with Crippen molar-refractivity contribution in [2.24, 2.45) is 5.92 Å². The van der Waals surface area contributed by atoms with Crippen LogP contribution in [0.25, 0.3) is 0 Å². The maximum atomic E-state index is 10.2. The van der Waals surface area contributed by atoms with Gasteiger partial charge >= 0.3 is 0 Å². The minimum absolute atomic E-state index is 0.250. The molecule has 9 heteroatoms. The Labute approximate surface area is 145 Å². The van der Waals surface area contributed by atoms with E-state index < -0.39 is 0 Å². The molecule has 1 fully saturated rings. The molecule has 25 heavy (non-hydrogen) atoms. The van der Waals surface area contributed by atoms with Crippen molar-refractivity contribution in [2.45, 2.75) is 19.1 Å². The van der Waals surface area contributed by atoms with E-state index in [0.29, 0.717) is 0 Å². The molecular formula is C16H22N4O5. The number of aromatic amines is 1. The molecule has 2 aromatic rings. The Morgan fingerprint density at radius 3 is 2.36 bits per heavy atom. The van der Waals surface area contributed by atoms with Gasteiger partial charge in [-0.05, 0) is 24.1 Å². The van der Waals surface area contributed by atoms with E-state index in [0.717, 1.165) is 31.9 Å². The van der Waals surface area contributed by atoms with Gasteiger partial charge in [-0.25, -0.2) is 4.98 Å². The first-order valence-corrected chi connectivity index (χ1v) is 7.57. The lowest BCUT2D eigenvalue weighted by molar-refractivity contribution is -0.123. The van der Waals surface area contributed by atoms with Gasteiger partial charge in [0.2, 0.25) is 0 Å². The lowest BCUT2D eigenvalue weighted by Gasteiger charge is -2.14. The Morgan fingerprint density at radius 1 is 1.16 bits per heavy atom. The number of aliphatic hydroxyl groups is 1. The van der Waals surface area contributed by atoms with Crippen LogP contribution in [-0.4, -0.2) is 67.3 Å². The molecule has 2 atom stereocenters. The summed E-state index contributed by atoms with van der Waals surface area (Å²) in [5.41, 5.74) is 1.24. The molecule has 136 valence electrons. The number of hydrogen-bond acceptors (Lipinski definition) is 6. The number of hydrogen-bond donors (Lipinski definition) is 4. The molecular weight excluding hydrogens is 328 g/mol. The SMILES string of the molecule is O=CO.O=CO.O[C@@H]1CN(Cc2ncc[nH]2)C[C@H]1Cc1ccncc1. The minimum Gasteiger partial charge on any atom is -0.483 e. The molecule has 1 saturated heterocycles. The molecule has 2 aromatic heterocycles. The second-order valence-electron chi connectivity index (χ2n) is 5.33. The average molecular weight is 350 g/mol. The number of nitrogens with zero attached hydrogens (tertiary/aromatic N) is 3. The molecule has 1 aliphatic rings. The molecule has 0 bridgehead atoms. The zero-order chi connectivity index (χ0) is 18.5. The van der Waals surface area contributed by atoms with Crippen LogP contribution in [0, 0.1) is 5.92 Å². The van der Waals surface area contributed by atoms with E-state index in [2.05, 4.69) is 19.9 Å². The van der Waals surface area contributed by atoms with E-state index in [1.54, 1.807) is 18.6 Å². The van der Waals surface area contributed by atoms with Crippen LogP contribution in [0.15, 0.2) is 36.9 Å². The number of likely N-dealkylation sites (tertiary alicyclic amines) is 1. The Hall–Kier alpha value is -2.78. The molecule has 0 spiro atoms. The average Bonchev–Trinajstić information content (AvgIpc) is 3.21. The van der Waals surface area contributed by atoms with E-state index >= 15 is 0 Å². The summed E-state index contributed by atoms with van der Waals surface area (Å²) in [4.78, 5) is 30.3. The molecule has 3 heterocycles. The highest BCUT2D eigenvalue weighted by molar-refractivity contribution is 5.33. The Morgan fingerprint density at radius 2 is 1.80 bits per heavy atom. The lowest BCUT2D eigenvalue weighted by Crippen LogP contribution is -2.22. The summed E-state index contributed by atoms with van der Waals surface area (Å²) in [6.07, 6.45) is 7.84. The Bertz CT molecular complexity index is 588. The predicted octanol–water partition coefficient (Wildman–Crippen LogP) is 0.242. The van der Waals surface area contributed by atoms with Crippen LogP contribution in [0.3, 0.4) is 0 Å². The van der Waals surface area contributed by atoms with Gasteiger partial charge in [-0.15, -0.1) is 0 Å².